The van der Waals surface area contributed by atoms with Gasteiger partial charge in [0, 0.05) is 12.1 Å². The van der Waals surface area contributed by atoms with Crippen molar-refractivity contribution >= 4 is 22.8 Å². The molecule has 1 fully saturated rings. The number of hydrogen-bond donors (Lipinski definition) is 3. The van der Waals surface area contributed by atoms with Crippen molar-refractivity contribution in [3.05, 3.63) is 6.20 Å². The summed E-state index contributed by atoms with van der Waals surface area (Å²) in [6.45, 7) is 5.10. The van der Waals surface area contributed by atoms with Crippen molar-refractivity contribution in [2.45, 2.75) is 45.1 Å². The van der Waals surface area contributed by atoms with Crippen LogP contribution in [0.5, 0.6) is 0 Å². The molecule has 0 bridgehead atoms. The van der Waals surface area contributed by atoms with Gasteiger partial charge in [-0.3, -0.25) is 5.10 Å². The number of rotatable bonds is 4. The predicted molar refractivity (Wildman–Crippen MR) is 76.3 cm³/mol. The zero-order valence-corrected chi connectivity index (χ0v) is 11.5. The second-order valence-corrected chi connectivity index (χ2v) is 5.45. The first-order chi connectivity index (χ1) is 9.20. The molecular formula is C13H20N6. The predicted octanol–water partition coefficient (Wildman–Crippen LogP) is 2.53. The summed E-state index contributed by atoms with van der Waals surface area (Å²) < 4.78 is 0. The number of nitrogens with zero attached hydrogens (tertiary/aromatic N) is 3. The highest BCUT2D eigenvalue weighted by Crippen LogP contribution is 2.33. The van der Waals surface area contributed by atoms with E-state index in [4.69, 9.17) is 0 Å². The van der Waals surface area contributed by atoms with Crippen LogP contribution < -0.4 is 10.6 Å². The minimum absolute atomic E-state index is 0.141. The molecule has 0 aliphatic heterocycles. The average Bonchev–Trinajstić information content (AvgIpc) is 2.98. The lowest BCUT2D eigenvalue weighted by Crippen LogP contribution is -2.31. The van der Waals surface area contributed by atoms with Crippen LogP contribution >= 0.6 is 0 Å². The summed E-state index contributed by atoms with van der Waals surface area (Å²) in [5.41, 5.74) is 0.914. The summed E-state index contributed by atoms with van der Waals surface area (Å²) in [4.78, 5) is 8.98. The third-order valence-electron chi connectivity index (χ3n) is 3.77. The van der Waals surface area contributed by atoms with Crippen LogP contribution in [0, 0.1) is 0 Å². The molecule has 0 radical (unpaired) electrons. The number of fused-ring (bicyclic) bond motifs is 1. The monoisotopic (exact) mass is 260 g/mol. The molecule has 2 aromatic heterocycles. The number of nitrogens with one attached hydrogen (secondary N) is 3. The van der Waals surface area contributed by atoms with Gasteiger partial charge in [-0.05, 0) is 26.7 Å². The molecule has 102 valence electrons. The fraction of sp³-hybridized carbons (Fsp3) is 0.615. The summed E-state index contributed by atoms with van der Waals surface area (Å²) in [5, 5.41) is 14.7. The van der Waals surface area contributed by atoms with Crippen molar-refractivity contribution < 1.29 is 0 Å². The zero-order valence-electron chi connectivity index (χ0n) is 11.5. The summed E-state index contributed by atoms with van der Waals surface area (Å²) in [7, 11) is 0. The van der Waals surface area contributed by atoms with Gasteiger partial charge < -0.3 is 10.6 Å². The highest BCUT2D eigenvalue weighted by Gasteiger charge is 2.29. The van der Waals surface area contributed by atoms with Crippen LogP contribution in [0.3, 0.4) is 0 Å². The van der Waals surface area contributed by atoms with Gasteiger partial charge in [0.1, 0.15) is 5.82 Å². The minimum Gasteiger partial charge on any atom is -0.364 e. The Balaban J connectivity index is 1.98. The van der Waals surface area contributed by atoms with Crippen LogP contribution in [0.15, 0.2) is 6.20 Å². The maximum absolute atomic E-state index is 4.58. The number of anilines is 2. The maximum atomic E-state index is 4.58. The van der Waals surface area contributed by atoms with Crippen LogP contribution in [0.4, 0.5) is 11.8 Å². The number of aromatic amines is 1. The van der Waals surface area contributed by atoms with Gasteiger partial charge in [0.05, 0.1) is 11.6 Å². The molecule has 1 aliphatic carbocycles. The Morgan fingerprint density at radius 3 is 2.84 bits per heavy atom. The Bertz CT molecular complexity index is 570. The lowest BCUT2D eigenvalue weighted by molar-refractivity contribution is 0.532. The Hall–Kier alpha value is -1.85. The molecule has 6 heteroatoms. The lowest BCUT2D eigenvalue weighted by Gasteiger charge is -2.26. The van der Waals surface area contributed by atoms with Crippen LogP contribution in [-0.4, -0.2) is 32.2 Å². The topological polar surface area (TPSA) is 78.5 Å². The molecule has 3 rings (SSSR count). The SMILES string of the molecule is CCNc1nc(NC2(C)CCCC2)c2cn[nH]c2n1. The van der Waals surface area contributed by atoms with Gasteiger partial charge in [-0.25, -0.2) is 0 Å². The molecule has 1 aliphatic rings. The Labute approximate surface area is 112 Å². The molecule has 2 aromatic rings. The van der Waals surface area contributed by atoms with E-state index in [2.05, 4.69) is 37.7 Å². The minimum atomic E-state index is 0.141. The van der Waals surface area contributed by atoms with E-state index in [9.17, 15) is 0 Å². The van der Waals surface area contributed by atoms with Crippen LogP contribution in [-0.2, 0) is 0 Å². The molecule has 0 aromatic carbocycles. The summed E-state index contributed by atoms with van der Waals surface area (Å²) >= 11 is 0. The van der Waals surface area contributed by atoms with E-state index in [-0.39, 0.29) is 5.54 Å². The molecule has 1 saturated carbocycles. The fourth-order valence-electron chi connectivity index (χ4n) is 2.73. The molecule has 19 heavy (non-hydrogen) atoms. The third-order valence-corrected chi connectivity index (χ3v) is 3.77. The van der Waals surface area contributed by atoms with Gasteiger partial charge in [0.2, 0.25) is 5.95 Å². The first-order valence-electron chi connectivity index (χ1n) is 6.93. The molecule has 0 amide bonds. The Kier molecular flexibility index (Phi) is 3.00. The molecule has 3 N–H and O–H groups in total. The van der Waals surface area contributed by atoms with Crippen molar-refractivity contribution in [1.29, 1.82) is 0 Å². The van der Waals surface area contributed by atoms with Gasteiger partial charge >= 0.3 is 0 Å². The average molecular weight is 260 g/mol. The molecule has 0 spiro atoms. The van der Waals surface area contributed by atoms with Gasteiger partial charge in [-0.1, -0.05) is 12.8 Å². The first-order valence-corrected chi connectivity index (χ1v) is 6.93. The van der Waals surface area contributed by atoms with Gasteiger partial charge in [-0.2, -0.15) is 15.1 Å². The number of aromatic nitrogens is 4. The van der Waals surface area contributed by atoms with Crippen molar-refractivity contribution in [3.63, 3.8) is 0 Å². The number of H-pyrrole nitrogens is 1. The standard InChI is InChI=1S/C13H20N6/c1-3-14-12-16-10(9-8-15-19-11(9)17-12)18-13(2)6-4-5-7-13/h8H,3-7H2,1-2H3,(H3,14,15,16,17,18,19). The Morgan fingerprint density at radius 2 is 2.11 bits per heavy atom. The second kappa shape index (κ2) is 4.68. The summed E-state index contributed by atoms with van der Waals surface area (Å²) in [5.74, 6) is 1.52. The Morgan fingerprint density at radius 1 is 1.32 bits per heavy atom. The van der Waals surface area contributed by atoms with Gasteiger partial charge in [0.15, 0.2) is 5.65 Å². The summed E-state index contributed by atoms with van der Waals surface area (Å²) in [6.07, 6.45) is 6.72. The van der Waals surface area contributed by atoms with E-state index in [1.54, 1.807) is 6.20 Å². The quantitative estimate of drug-likeness (QED) is 0.787. The van der Waals surface area contributed by atoms with E-state index >= 15 is 0 Å². The van der Waals surface area contributed by atoms with Crippen molar-refractivity contribution in [2.75, 3.05) is 17.2 Å². The van der Waals surface area contributed by atoms with Crippen molar-refractivity contribution in [3.8, 4) is 0 Å². The highest BCUT2D eigenvalue weighted by molar-refractivity contribution is 5.87. The van der Waals surface area contributed by atoms with E-state index in [0.29, 0.717) is 5.95 Å². The van der Waals surface area contributed by atoms with Crippen LogP contribution in [0.2, 0.25) is 0 Å². The molecular weight excluding hydrogens is 240 g/mol. The lowest BCUT2D eigenvalue weighted by atomic mass is 10.0. The van der Waals surface area contributed by atoms with Gasteiger partial charge in [-0.15, -0.1) is 0 Å². The molecule has 0 unspecified atom stereocenters. The molecule has 0 saturated heterocycles. The fourth-order valence-corrected chi connectivity index (χ4v) is 2.73. The maximum Gasteiger partial charge on any atom is 0.226 e. The van der Waals surface area contributed by atoms with E-state index in [0.717, 1.165) is 23.4 Å². The highest BCUT2D eigenvalue weighted by atomic mass is 15.2. The van der Waals surface area contributed by atoms with E-state index < -0.39 is 0 Å². The van der Waals surface area contributed by atoms with E-state index in [1.807, 2.05) is 6.92 Å². The smallest absolute Gasteiger partial charge is 0.226 e. The first kappa shape index (κ1) is 12.2. The van der Waals surface area contributed by atoms with Crippen LogP contribution in [0.1, 0.15) is 39.5 Å². The van der Waals surface area contributed by atoms with Crippen molar-refractivity contribution in [1.82, 2.24) is 20.2 Å². The molecule has 6 nitrogen and oxygen atoms in total. The largest absolute Gasteiger partial charge is 0.364 e. The van der Waals surface area contributed by atoms with Crippen molar-refractivity contribution in [2.24, 2.45) is 0 Å². The zero-order chi connectivity index (χ0) is 13.3. The molecule has 0 atom stereocenters. The van der Waals surface area contributed by atoms with Gasteiger partial charge in [0.25, 0.3) is 0 Å². The normalized spacial score (nSPS) is 17.8. The molecule has 2 heterocycles. The number of hydrogen-bond acceptors (Lipinski definition) is 5. The van der Waals surface area contributed by atoms with Crippen LogP contribution in [0.25, 0.3) is 11.0 Å². The summed E-state index contributed by atoms with van der Waals surface area (Å²) in [6, 6.07) is 0. The van der Waals surface area contributed by atoms with E-state index in [1.165, 1.54) is 25.7 Å². The third kappa shape index (κ3) is 2.34. The second-order valence-electron chi connectivity index (χ2n) is 5.45.